The van der Waals surface area contributed by atoms with Gasteiger partial charge in [0.15, 0.2) is 5.17 Å². The number of esters is 1. The fraction of sp³-hybridized carbons (Fsp3) is 0.409. The number of amidine groups is 1. The molecule has 6 nitrogen and oxygen atoms in total. The fourth-order valence-corrected chi connectivity index (χ4v) is 5.12. The molecule has 1 amide bonds. The van der Waals surface area contributed by atoms with Gasteiger partial charge in [-0.15, -0.1) is 0 Å². The maximum Gasteiger partial charge on any atom is 0.338 e. The van der Waals surface area contributed by atoms with Gasteiger partial charge in [-0.1, -0.05) is 35.5 Å². The monoisotopic (exact) mass is 445 g/mol. The summed E-state index contributed by atoms with van der Waals surface area (Å²) in [5.74, 6) is -0.278. The largest absolute Gasteiger partial charge is 0.463 e. The van der Waals surface area contributed by atoms with Crippen molar-refractivity contribution >= 4 is 40.4 Å². The third-order valence-electron chi connectivity index (χ3n) is 5.47. The van der Waals surface area contributed by atoms with E-state index in [1.54, 1.807) is 6.92 Å². The Hall–Kier alpha value is -2.25. The highest BCUT2D eigenvalue weighted by molar-refractivity contribution is 8.16. The van der Waals surface area contributed by atoms with Crippen molar-refractivity contribution in [3.05, 3.63) is 57.2 Å². The predicted molar refractivity (Wildman–Crippen MR) is 119 cm³/mol. The lowest BCUT2D eigenvalue weighted by Crippen LogP contribution is -2.38. The van der Waals surface area contributed by atoms with Gasteiger partial charge < -0.3 is 14.5 Å². The van der Waals surface area contributed by atoms with E-state index in [1.807, 2.05) is 46.4 Å². The van der Waals surface area contributed by atoms with Crippen LogP contribution < -0.4 is 0 Å². The molecule has 3 aliphatic heterocycles. The van der Waals surface area contributed by atoms with Crippen LogP contribution in [0.4, 0.5) is 0 Å². The molecule has 0 saturated carbocycles. The number of carbonyl (C=O) groups excluding carboxylic acids is 2. The zero-order chi connectivity index (χ0) is 21.3. The molecule has 0 bridgehead atoms. The summed E-state index contributed by atoms with van der Waals surface area (Å²) in [6, 6.07) is 7.02. The number of hydrogen-bond donors (Lipinski definition) is 0. The number of ether oxygens (including phenoxy) is 1. The maximum absolute atomic E-state index is 12.9. The normalized spacial score (nSPS) is 20.8. The minimum Gasteiger partial charge on any atom is -0.463 e. The Labute approximate surface area is 185 Å². The Morgan fingerprint density at radius 2 is 1.93 bits per heavy atom. The molecule has 3 heterocycles. The highest BCUT2D eigenvalue weighted by atomic mass is 35.5. The maximum atomic E-state index is 12.9. The highest BCUT2D eigenvalue weighted by Gasteiger charge is 2.41. The van der Waals surface area contributed by atoms with Gasteiger partial charge in [0.05, 0.1) is 30.3 Å². The summed E-state index contributed by atoms with van der Waals surface area (Å²) in [7, 11) is 0. The third-order valence-corrected chi connectivity index (χ3v) is 6.61. The summed E-state index contributed by atoms with van der Waals surface area (Å²) in [4.78, 5) is 34.3. The molecule has 1 atom stereocenters. The zero-order valence-corrected chi connectivity index (χ0v) is 18.6. The van der Waals surface area contributed by atoms with Gasteiger partial charge in [-0.25, -0.2) is 9.79 Å². The van der Waals surface area contributed by atoms with Crippen LogP contribution in [0.5, 0.6) is 0 Å². The first-order chi connectivity index (χ1) is 14.5. The van der Waals surface area contributed by atoms with Crippen LogP contribution in [0.2, 0.25) is 5.02 Å². The first-order valence-electron chi connectivity index (χ1n) is 10.1. The smallest absolute Gasteiger partial charge is 0.338 e. The number of fused-ring (bicyclic) bond motifs is 1. The van der Waals surface area contributed by atoms with E-state index in [1.165, 1.54) is 11.8 Å². The molecule has 0 N–H and O–H groups in total. The Balaban J connectivity index is 1.71. The summed E-state index contributed by atoms with van der Waals surface area (Å²) in [6.07, 6.45) is 2.39. The van der Waals surface area contributed by atoms with Crippen molar-refractivity contribution in [1.29, 1.82) is 0 Å². The lowest BCUT2D eigenvalue weighted by Gasteiger charge is -2.36. The molecule has 0 radical (unpaired) electrons. The molecule has 3 aliphatic rings. The van der Waals surface area contributed by atoms with Gasteiger partial charge in [0.1, 0.15) is 0 Å². The van der Waals surface area contributed by atoms with Gasteiger partial charge >= 0.3 is 5.97 Å². The number of halogens is 1. The van der Waals surface area contributed by atoms with Crippen molar-refractivity contribution in [2.24, 2.45) is 4.99 Å². The predicted octanol–water partition coefficient (Wildman–Crippen LogP) is 4.49. The second kappa shape index (κ2) is 8.86. The van der Waals surface area contributed by atoms with Crippen LogP contribution >= 0.6 is 23.4 Å². The van der Waals surface area contributed by atoms with E-state index in [0.29, 0.717) is 16.3 Å². The minimum absolute atomic E-state index is 0.111. The Bertz CT molecular complexity index is 949. The summed E-state index contributed by atoms with van der Waals surface area (Å²) < 4.78 is 5.35. The van der Waals surface area contributed by atoms with Gasteiger partial charge in [0, 0.05) is 23.8 Å². The molecule has 30 heavy (non-hydrogen) atoms. The molecule has 1 aromatic rings. The van der Waals surface area contributed by atoms with Crippen molar-refractivity contribution in [1.82, 2.24) is 9.80 Å². The van der Waals surface area contributed by atoms with Gasteiger partial charge in [-0.05, 0) is 49.8 Å². The number of thioether (sulfide) groups is 1. The molecule has 0 spiro atoms. The van der Waals surface area contributed by atoms with Gasteiger partial charge in [-0.3, -0.25) is 4.79 Å². The van der Waals surface area contributed by atoms with Gasteiger partial charge in [0.2, 0.25) is 5.91 Å². The zero-order valence-electron chi connectivity index (χ0n) is 17.1. The molecule has 1 aromatic carbocycles. The number of rotatable bonds is 5. The highest BCUT2D eigenvalue weighted by Crippen LogP contribution is 2.45. The molecular formula is C22H24ClN3O3S. The molecule has 1 saturated heterocycles. The number of likely N-dealkylation sites (tertiary alicyclic amines) is 1. The number of nitrogens with zero attached hydrogens (tertiary/aromatic N) is 3. The third kappa shape index (κ3) is 4.01. The Morgan fingerprint density at radius 3 is 2.60 bits per heavy atom. The SMILES string of the molecule is CCOC(=O)C1=C(C)N=C2SC=C(CC(=O)N3CCCC3)N2[C@@H]1c1ccc(Cl)cc1. The van der Waals surface area contributed by atoms with E-state index < -0.39 is 6.04 Å². The van der Waals surface area contributed by atoms with E-state index in [9.17, 15) is 9.59 Å². The van der Waals surface area contributed by atoms with Crippen molar-refractivity contribution in [2.45, 2.75) is 39.2 Å². The standard InChI is InChI=1S/C22H24ClN3O3S/c1-3-29-21(28)19-14(2)24-22-26(20(19)15-6-8-16(23)9-7-15)17(13-30-22)12-18(27)25-10-4-5-11-25/h6-9,13,20H,3-5,10-12H2,1-2H3/t20-/m1/s1. The van der Waals surface area contributed by atoms with Crippen molar-refractivity contribution in [2.75, 3.05) is 19.7 Å². The number of aliphatic imine (C=N–C) groups is 1. The lowest BCUT2D eigenvalue weighted by atomic mass is 9.94. The average molecular weight is 446 g/mol. The molecule has 8 heteroatoms. The average Bonchev–Trinajstić information content (AvgIpc) is 3.38. The minimum atomic E-state index is -0.415. The summed E-state index contributed by atoms with van der Waals surface area (Å²) in [5, 5.41) is 3.36. The Kier molecular flexibility index (Phi) is 6.20. The van der Waals surface area contributed by atoms with Crippen molar-refractivity contribution in [3.8, 4) is 0 Å². The number of amides is 1. The molecule has 0 aliphatic carbocycles. The number of allylic oxidation sites excluding steroid dienone is 1. The van der Waals surface area contributed by atoms with Crippen molar-refractivity contribution in [3.63, 3.8) is 0 Å². The van der Waals surface area contributed by atoms with E-state index in [4.69, 9.17) is 16.3 Å². The fourth-order valence-electron chi connectivity index (χ4n) is 4.03. The van der Waals surface area contributed by atoms with Crippen LogP contribution in [-0.4, -0.2) is 46.5 Å². The summed E-state index contributed by atoms with van der Waals surface area (Å²) in [5.41, 5.74) is 2.87. The number of benzene rings is 1. The number of carbonyl (C=O) groups is 2. The molecule has 0 aromatic heterocycles. The molecule has 0 unspecified atom stereocenters. The van der Waals surface area contributed by atoms with Crippen LogP contribution in [0.1, 0.15) is 44.7 Å². The molecule has 158 valence electrons. The van der Waals surface area contributed by atoms with Crippen molar-refractivity contribution < 1.29 is 14.3 Å². The molecule has 4 rings (SSSR count). The van der Waals surface area contributed by atoms with Crippen LogP contribution in [0.3, 0.4) is 0 Å². The Morgan fingerprint density at radius 1 is 1.23 bits per heavy atom. The summed E-state index contributed by atoms with van der Waals surface area (Å²) >= 11 is 7.58. The van der Waals surface area contributed by atoms with Gasteiger partial charge in [-0.2, -0.15) is 0 Å². The van der Waals surface area contributed by atoms with E-state index >= 15 is 0 Å². The van der Waals surface area contributed by atoms with E-state index in [2.05, 4.69) is 4.99 Å². The molecule has 1 fully saturated rings. The van der Waals surface area contributed by atoms with Gasteiger partial charge in [0.25, 0.3) is 0 Å². The van der Waals surface area contributed by atoms with E-state index in [0.717, 1.165) is 42.4 Å². The second-order valence-corrected chi connectivity index (χ2v) is 8.70. The first-order valence-corrected chi connectivity index (χ1v) is 11.4. The number of hydrogen-bond acceptors (Lipinski definition) is 6. The molecular weight excluding hydrogens is 422 g/mol. The van der Waals surface area contributed by atoms with Crippen LogP contribution in [0.25, 0.3) is 0 Å². The van der Waals surface area contributed by atoms with Crippen LogP contribution in [0.15, 0.2) is 51.6 Å². The van der Waals surface area contributed by atoms with Crippen LogP contribution in [0, 0.1) is 0 Å². The summed E-state index contributed by atoms with van der Waals surface area (Å²) in [6.45, 7) is 5.52. The topological polar surface area (TPSA) is 62.2 Å². The first kappa shape index (κ1) is 21.0. The van der Waals surface area contributed by atoms with Crippen LogP contribution in [-0.2, 0) is 14.3 Å². The van der Waals surface area contributed by atoms with E-state index in [-0.39, 0.29) is 24.9 Å². The lowest BCUT2D eigenvalue weighted by molar-refractivity contribution is -0.139. The second-order valence-electron chi connectivity index (χ2n) is 7.43. The quantitative estimate of drug-likeness (QED) is 0.625.